The van der Waals surface area contributed by atoms with Gasteiger partial charge in [-0.25, -0.2) is 0 Å². The molecule has 0 aliphatic carbocycles. The van der Waals surface area contributed by atoms with Gasteiger partial charge in [0, 0.05) is 12.2 Å². The lowest BCUT2D eigenvalue weighted by atomic mass is 9.95. The number of hydrogen-bond donors (Lipinski definition) is 1. The number of benzene rings is 1. The third-order valence-electron chi connectivity index (χ3n) is 3.99. The van der Waals surface area contributed by atoms with Gasteiger partial charge >= 0.3 is 0 Å². The summed E-state index contributed by atoms with van der Waals surface area (Å²) in [5, 5.41) is 10.1. The van der Waals surface area contributed by atoms with Crippen molar-refractivity contribution in [3.05, 3.63) is 29.8 Å². The second kappa shape index (κ2) is 4.34. The van der Waals surface area contributed by atoms with E-state index in [-0.39, 0.29) is 11.6 Å². The van der Waals surface area contributed by atoms with Gasteiger partial charge in [0.05, 0.1) is 11.6 Å². The van der Waals surface area contributed by atoms with E-state index in [9.17, 15) is 5.11 Å². The van der Waals surface area contributed by atoms with Gasteiger partial charge in [0.2, 0.25) is 0 Å². The van der Waals surface area contributed by atoms with E-state index in [1.165, 1.54) is 11.3 Å². The Morgan fingerprint density at radius 2 is 1.94 bits per heavy atom. The van der Waals surface area contributed by atoms with Crippen LogP contribution in [0.3, 0.4) is 0 Å². The molecule has 0 saturated carbocycles. The zero-order chi connectivity index (χ0) is 12.6. The molecule has 17 heavy (non-hydrogen) atoms. The highest BCUT2D eigenvalue weighted by Gasteiger charge is 2.40. The first-order valence-corrected chi connectivity index (χ1v) is 6.49. The minimum absolute atomic E-state index is 0.162. The maximum Gasteiger partial charge on any atom is 0.0783 e. The van der Waals surface area contributed by atoms with Crippen LogP contribution in [-0.4, -0.2) is 23.3 Å². The molecule has 1 aromatic carbocycles. The van der Waals surface area contributed by atoms with Gasteiger partial charge in [-0.1, -0.05) is 32.0 Å². The van der Waals surface area contributed by atoms with Gasteiger partial charge in [0.15, 0.2) is 0 Å². The molecule has 0 aromatic heterocycles. The number of aliphatic hydroxyl groups excluding tert-OH is 1. The minimum Gasteiger partial charge on any atom is -0.391 e. The van der Waals surface area contributed by atoms with E-state index in [1.54, 1.807) is 0 Å². The number of hydrogen-bond acceptors (Lipinski definition) is 2. The van der Waals surface area contributed by atoms with Crippen LogP contribution in [0.25, 0.3) is 0 Å². The van der Waals surface area contributed by atoms with Crippen molar-refractivity contribution in [2.45, 2.75) is 51.7 Å². The summed E-state index contributed by atoms with van der Waals surface area (Å²) in [6, 6.07) is 8.55. The molecule has 1 atom stereocenters. The highest BCUT2D eigenvalue weighted by atomic mass is 16.3. The monoisotopic (exact) mass is 233 g/mol. The van der Waals surface area contributed by atoms with Crippen molar-refractivity contribution in [1.82, 2.24) is 0 Å². The minimum atomic E-state index is -0.234. The Hall–Kier alpha value is -1.02. The maximum absolute atomic E-state index is 10.1. The van der Waals surface area contributed by atoms with Crippen molar-refractivity contribution in [2.24, 2.45) is 0 Å². The molecule has 1 aromatic rings. The summed E-state index contributed by atoms with van der Waals surface area (Å²) in [7, 11) is 0. The quantitative estimate of drug-likeness (QED) is 0.848. The van der Waals surface area contributed by atoms with E-state index < -0.39 is 0 Å². The van der Waals surface area contributed by atoms with Gasteiger partial charge in [0.25, 0.3) is 0 Å². The van der Waals surface area contributed by atoms with Crippen LogP contribution >= 0.6 is 0 Å². The van der Waals surface area contributed by atoms with Gasteiger partial charge < -0.3 is 10.0 Å². The normalized spacial score (nSPS) is 23.4. The molecular weight excluding hydrogens is 210 g/mol. The Labute approximate surface area is 104 Å². The van der Waals surface area contributed by atoms with E-state index in [1.807, 2.05) is 0 Å². The van der Waals surface area contributed by atoms with Crippen molar-refractivity contribution < 1.29 is 5.11 Å². The number of nitrogens with zero attached hydrogens (tertiary/aromatic N) is 1. The standard InChI is InChI=1S/C15H23NO/c1-11(2)12-7-5-6-8-13(12)16-10-9-14(17)15(16,3)4/h5-8,11,14,17H,9-10H2,1-4H3. The largest absolute Gasteiger partial charge is 0.391 e. The topological polar surface area (TPSA) is 23.5 Å². The molecule has 0 radical (unpaired) electrons. The zero-order valence-corrected chi connectivity index (χ0v) is 11.3. The Balaban J connectivity index is 2.41. The van der Waals surface area contributed by atoms with E-state index in [0.717, 1.165) is 13.0 Å². The SMILES string of the molecule is CC(C)c1ccccc1N1CCC(O)C1(C)C. The van der Waals surface area contributed by atoms with Crippen molar-refractivity contribution >= 4 is 5.69 Å². The van der Waals surface area contributed by atoms with Crippen molar-refractivity contribution in [1.29, 1.82) is 0 Å². The molecule has 94 valence electrons. The lowest BCUT2D eigenvalue weighted by Crippen LogP contribution is -2.45. The van der Waals surface area contributed by atoms with Gasteiger partial charge in [-0.05, 0) is 37.8 Å². The van der Waals surface area contributed by atoms with Gasteiger partial charge in [-0.2, -0.15) is 0 Å². The van der Waals surface area contributed by atoms with Gasteiger partial charge in [-0.3, -0.25) is 0 Å². The first kappa shape index (κ1) is 12.4. The fourth-order valence-electron chi connectivity index (χ4n) is 2.73. The highest BCUT2D eigenvalue weighted by molar-refractivity contribution is 5.58. The lowest BCUT2D eigenvalue weighted by molar-refractivity contribution is 0.127. The Morgan fingerprint density at radius 3 is 2.47 bits per heavy atom. The molecule has 1 saturated heterocycles. The second-order valence-electron chi connectivity index (χ2n) is 5.82. The molecule has 1 unspecified atom stereocenters. The Morgan fingerprint density at radius 1 is 1.29 bits per heavy atom. The summed E-state index contributed by atoms with van der Waals surface area (Å²) in [5.41, 5.74) is 2.49. The van der Waals surface area contributed by atoms with Crippen LogP contribution in [-0.2, 0) is 0 Å². The third kappa shape index (κ3) is 2.06. The molecule has 0 bridgehead atoms. The fourth-order valence-corrected chi connectivity index (χ4v) is 2.73. The average molecular weight is 233 g/mol. The van der Waals surface area contributed by atoms with Crippen LogP contribution in [0.1, 0.15) is 45.6 Å². The first-order valence-electron chi connectivity index (χ1n) is 6.49. The predicted molar refractivity (Wildman–Crippen MR) is 72.6 cm³/mol. The fraction of sp³-hybridized carbons (Fsp3) is 0.600. The van der Waals surface area contributed by atoms with Crippen molar-refractivity contribution in [2.75, 3.05) is 11.4 Å². The van der Waals surface area contributed by atoms with Crippen LogP contribution in [0.15, 0.2) is 24.3 Å². The summed E-state index contributed by atoms with van der Waals surface area (Å²) in [6.07, 6.45) is 0.627. The Bertz CT molecular complexity index is 398. The van der Waals surface area contributed by atoms with Crippen LogP contribution in [0.5, 0.6) is 0 Å². The summed E-state index contributed by atoms with van der Waals surface area (Å²) in [6.45, 7) is 9.64. The predicted octanol–water partition coefficient (Wildman–Crippen LogP) is 3.16. The molecule has 0 amide bonds. The summed E-state index contributed by atoms with van der Waals surface area (Å²) < 4.78 is 0. The van der Waals surface area contributed by atoms with Gasteiger partial charge in [0.1, 0.15) is 0 Å². The molecule has 2 nitrogen and oxygen atoms in total. The van der Waals surface area contributed by atoms with Crippen LogP contribution in [0.4, 0.5) is 5.69 Å². The molecule has 1 fully saturated rings. The molecule has 1 heterocycles. The third-order valence-corrected chi connectivity index (χ3v) is 3.99. The molecule has 0 spiro atoms. The molecule has 1 N–H and O–H groups in total. The van der Waals surface area contributed by atoms with Crippen molar-refractivity contribution in [3.63, 3.8) is 0 Å². The van der Waals surface area contributed by atoms with E-state index in [4.69, 9.17) is 0 Å². The zero-order valence-electron chi connectivity index (χ0n) is 11.3. The molecular formula is C15H23NO. The number of aliphatic hydroxyl groups is 1. The van der Waals surface area contributed by atoms with Crippen LogP contribution in [0.2, 0.25) is 0 Å². The molecule has 2 rings (SSSR count). The number of para-hydroxylation sites is 1. The second-order valence-corrected chi connectivity index (χ2v) is 5.82. The van der Waals surface area contributed by atoms with E-state index in [0.29, 0.717) is 5.92 Å². The van der Waals surface area contributed by atoms with E-state index in [2.05, 4.69) is 56.9 Å². The first-order chi connectivity index (χ1) is 7.94. The number of rotatable bonds is 2. The lowest BCUT2D eigenvalue weighted by Gasteiger charge is -2.37. The summed E-state index contributed by atoms with van der Waals surface area (Å²) in [4.78, 5) is 2.35. The summed E-state index contributed by atoms with van der Waals surface area (Å²) >= 11 is 0. The molecule has 2 heteroatoms. The summed E-state index contributed by atoms with van der Waals surface area (Å²) in [5.74, 6) is 0.514. The maximum atomic E-state index is 10.1. The van der Waals surface area contributed by atoms with Crippen LogP contribution in [0, 0.1) is 0 Å². The highest BCUT2D eigenvalue weighted by Crippen LogP contribution is 2.37. The average Bonchev–Trinajstić information content (AvgIpc) is 2.54. The number of anilines is 1. The smallest absolute Gasteiger partial charge is 0.0783 e. The Kier molecular flexibility index (Phi) is 3.17. The molecule has 1 aliphatic heterocycles. The van der Waals surface area contributed by atoms with Gasteiger partial charge in [-0.15, -0.1) is 0 Å². The van der Waals surface area contributed by atoms with Crippen molar-refractivity contribution in [3.8, 4) is 0 Å². The molecule has 1 aliphatic rings. The van der Waals surface area contributed by atoms with E-state index >= 15 is 0 Å². The van der Waals surface area contributed by atoms with Crippen LogP contribution < -0.4 is 4.90 Å².